The second kappa shape index (κ2) is 6.78. The van der Waals surface area contributed by atoms with Gasteiger partial charge in [-0.05, 0) is 50.4 Å². The lowest BCUT2D eigenvalue weighted by molar-refractivity contribution is -0.00806. The molecule has 17 heavy (non-hydrogen) atoms. The van der Waals surface area contributed by atoms with Gasteiger partial charge in [-0.3, -0.25) is 0 Å². The minimum Gasteiger partial charge on any atom is -0.378 e. The molecule has 2 fully saturated rings. The van der Waals surface area contributed by atoms with Crippen LogP contribution in [0.5, 0.6) is 0 Å². The zero-order valence-electron chi connectivity index (χ0n) is 11.8. The average Bonchev–Trinajstić information content (AvgIpc) is 2.32. The predicted molar refractivity (Wildman–Crippen MR) is 73.1 cm³/mol. The van der Waals surface area contributed by atoms with Crippen LogP contribution >= 0.6 is 0 Å². The van der Waals surface area contributed by atoms with E-state index >= 15 is 0 Å². The van der Waals surface area contributed by atoms with Crippen LogP contribution in [0.25, 0.3) is 0 Å². The third-order valence-corrected chi connectivity index (χ3v) is 4.87. The highest BCUT2D eigenvalue weighted by atomic mass is 16.5. The lowest BCUT2D eigenvalue weighted by Crippen LogP contribution is -2.23. The molecule has 0 N–H and O–H groups in total. The predicted octanol–water partition coefficient (Wildman–Crippen LogP) is 4.80. The van der Waals surface area contributed by atoms with Crippen molar-refractivity contribution in [3.63, 3.8) is 0 Å². The summed E-state index contributed by atoms with van der Waals surface area (Å²) in [5, 5.41) is 0. The lowest BCUT2D eigenvalue weighted by atomic mass is 9.79. The van der Waals surface area contributed by atoms with Gasteiger partial charge in [0.2, 0.25) is 0 Å². The molecule has 4 atom stereocenters. The first-order chi connectivity index (χ1) is 8.24. The van der Waals surface area contributed by atoms with E-state index in [4.69, 9.17) is 4.74 Å². The zero-order valence-corrected chi connectivity index (χ0v) is 11.8. The number of hydrogen-bond donors (Lipinski definition) is 0. The molecule has 0 spiro atoms. The van der Waals surface area contributed by atoms with Gasteiger partial charge in [0.25, 0.3) is 0 Å². The van der Waals surface area contributed by atoms with Crippen LogP contribution in [-0.4, -0.2) is 12.7 Å². The van der Waals surface area contributed by atoms with Crippen molar-refractivity contribution >= 4 is 0 Å². The Morgan fingerprint density at radius 3 is 2.47 bits per heavy atom. The third-order valence-electron chi connectivity index (χ3n) is 4.87. The van der Waals surface area contributed by atoms with Crippen LogP contribution < -0.4 is 0 Å². The topological polar surface area (TPSA) is 9.23 Å². The fourth-order valence-corrected chi connectivity index (χ4v) is 3.68. The molecule has 100 valence electrons. The number of rotatable bonds is 4. The van der Waals surface area contributed by atoms with Crippen LogP contribution in [0.1, 0.15) is 71.6 Å². The largest absolute Gasteiger partial charge is 0.378 e. The van der Waals surface area contributed by atoms with Crippen LogP contribution in [0.15, 0.2) is 0 Å². The van der Waals surface area contributed by atoms with Crippen LogP contribution in [0.2, 0.25) is 0 Å². The Morgan fingerprint density at radius 1 is 0.941 bits per heavy atom. The molecule has 0 amide bonds. The van der Waals surface area contributed by atoms with Gasteiger partial charge in [0.1, 0.15) is 0 Å². The summed E-state index contributed by atoms with van der Waals surface area (Å²) in [4.78, 5) is 0. The first kappa shape index (κ1) is 13.4. The van der Waals surface area contributed by atoms with Gasteiger partial charge in [0, 0.05) is 6.61 Å². The molecule has 4 unspecified atom stereocenters. The molecule has 0 bridgehead atoms. The van der Waals surface area contributed by atoms with Crippen molar-refractivity contribution in [2.75, 3.05) is 6.61 Å². The van der Waals surface area contributed by atoms with E-state index in [1.165, 1.54) is 57.8 Å². The van der Waals surface area contributed by atoms with E-state index in [1.807, 2.05) is 0 Å². The molecule has 1 aliphatic carbocycles. The zero-order chi connectivity index (χ0) is 12.1. The molecule has 1 saturated carbocycles. The Morgan fingerprint density at radius 2 is 1.76 bits per heavy atom. The van der Waals surface area contributed by atoms with Crippen molar-refractivity contribution in [2.24, 2.45) is 17.8 Å². The van der Waals surface area contributed by atoms with E-state index in [1.54, 1.807) is 0 Å². The van der Waals surface area contributed by atoms with E-state index in [2.05, 4.69) is 13.8 Å². The molecule has 1 aliphatic heterocycles. The van der Waals surface area contributed by atoms with Crippen molar-refractivity contribution in [2.45, 2.75) is 77.7 Å². The summed E-state index contributed by atoms with van der Waals surface area (Å²) in [6, 6.07) is 0. The molecule has 0 aromatic rings. The molecule has 2 aliphatic rings. The molecule has 1 saturated heterocycles. The minimum absolute atomic E-state index is 0.519. The summed E-state index contributed by atoms with van der Waals surface area (Å²) >= 11 is 0. The van der Waals surface area contributed by atoms with Gasteiger partial charge in [-0.2, -0.15) is 0 Å². The van der Waals surface area contributed by atoms with Gasteiger partial charge in [-0.25, -0.2) is 0 Å². The Bertz CT molecular complexity index is 206. The van der Waals surface area contributed by atoms with Crippen LogP contribution in [0, 0.1) is 17.8 Å². The maximum absolute atomic E-state index is 5.75. The highest BCUT2D eigenvalue weighted by Crippen LogP contribution is 2.33. The fourth-order valence-electron chi connectivity index (χ4n) is 3.68. The van der Waals surface area contributed by atoms with Crippen molar-refractivity contribution < 1.29 is 4.74 Å². The molecule has 1 heteroatoms. The Hall–Kier alpha value is -0.0400. The standard InChI is InChI=1S/C16H30O/c1-13-5-3-6-15(11-13)7-4-8-16-10-9-14(2)17-12-16/h13-16H,3-12H2,1-2H3. The van der Waals surface area contributed by atoms with Gasteiger partial charge >= 0.3 is 0 Å². The van der Waals surface area contributed by atoms with E-state index in [0.717, 1.165) is 24.4 Å². The number of hydrogen-bond acceptors (Lipinski definition) is 1. The second-order valence-electron chi connectivity index (χ2n) is 6.66. The fraction of sp³-hybridized carbons (Fsp3) is 1.00. The first-order valence-electron chi connectivity index (χ1n) is 7.85. The Balaban J connectivity index is 1.56. The van der Waals surface area contributed by atoms with Gasteiger partial charge < -0.3 is 4.74 Å². The summed E-state index contributed by atoms with van der Waals surface area (Å²) in [5.74, 6) is 2.90. The van der Waals surface area contributed by atoms with Gasteiger partial charge in [-0.1, -0.05) is 39.0 Å². The lowest BCUT2D eigenvalue weighted by Gasteiger charge is -2.29. The van der Waals surface area contributed by atoms with E-state index in [-0.39, 0.29) is 0 Å². The Kier molecular flexibility index (Phi) is 5.34. The highest BCUT2D eigenvalue weighted by molar-refractivity contribution is 4.72. The molecule has 1 nitrogen and oxygen atoms in total. The monoisotopic (exact) mass is 238 g/mol. The minimum atomic E-state index is 0.519. The SMILES string of the molecule is CC1CCCC(CCCC2CCC(C)OC2)C1. The summed E-state index contributed by atoms with van der Waals surface area (Å²) in [6.07, 6.45) is 13.5. The maximum atomic E-state index is 5.75. The van der Waals surface area contributed by atoms with Crippen molar-refractivity contribution in [1.82, 2.24) is 0 Å². The molecular formula is C16H30O. The average molecular weight is 238 g/mol. The van der Waals surface area contributed by atoms with E-state index in [0.29, 0.717) is 6.10 Å². The molecule has 0 radical (unpaired) electrons. The van der Waals surface area contributed by atoms with E-state index in [9.17, 15) is 0 Å². The van der Waals surface area contributed by atoms with Crippen LogP contribution in [-0.2, 0) is 4.74 Å². The number of ether oxygens (including phenoxy) is 1. The van der Waals surface area contributed by atoms with Crippen LogP contribution in [0.3, 0.4) is 0 Å². The summed E-state index contributed by atoms with van der Waals surface area (Å²) in [6.45, 7) is 5.67. The molecule has 2 rings (SSSR count). The van der Waals surface area contributed by atoms with Gasteiger partial charge in [0.15, 0.2) is 0 Å². The smallest absolute Gasteiger partial charge is 0.0547 e. The van der Waals surface area contributed by atoms with Crippen molar-refractivity contribution in [3.8, 4) is 0 Å². The molecular weight excluding hydrogens is 208 g/mol. The second-order valence-corrected chi connectivity index (χ2v) is 6.66. The molecule has 1 heterocycles. The third kappa shape index (κ3) is 4.62. The van der Waals surface area contributed by atoms with Gasteiger partial charge in [-0.15, -0.1) is 0 Å². The van der Waals surface area contributed by atoms with Gasteiger partial charge in [0.05, 0.1) is 6.10 Å². The Labute approximate surface area is 107 Å². The highest BCUT2D eigenvalue weighted by Gasteiger charge is 2.21. The summed E-state index contributed by atoms with van der Waals surface area (Å²) < 4.78 is 5.75. The van der Waals surface area contributed by atoms with E-state index < -0.39 is 0 Å². The molecule has 0 aromatic heterocycles. The quantitative estimate of drug-likeness (QED) is 0.683. The van der Waals surface area contributed by atoms with Crippen molar-refractivity contribution in [1.29, 1.82) is 0 Å². The van der Waals surface area contributed by atoms with Crippen molar-refractivity contribution in [3.05, 3.63) is 0 Å². The first-order valence-corrected chi connectivity index (χ1v) is 7.85. The maximum Gasteiger partial charge on any atom is 0.0547 e. The summed E-state index contributed by atoms with van der Waals surface area (Å²) in [5.41, 5.74) is 0. The summed E-state index contributed by atoms with van der Waals surface area (Å²) in [7, 11) is 0. The van der Waals surface area contributed by atoms with Crippen LogP contribution in [0.4, 0.5) is 0 Å². The molecule has 0 aromatic carbocycles. The normalized spacial score (nSPS) is 39.2.